The number of aromatic nitrogens is 2. The van der Waals surface area contributed by atoms with Crippen LogP contribution in [0.1, 0.15) is 23.9 Å². The molecule has 14 heavy (non-hydrogen) atoms. The first-order valence-corrected chi connectivity index (χ1v) is 5.39. The maximum atomic E-state index is 5.69. The molecule has 0 amide bonds. The number of rotatable bonds is 4. The van der Waals surface area contributed by atoms with E-state index in [1.54, 1.807) is 0 Å². The van der Waals surface area contributed by atoms with E-state index in [-0.39, 0.29) is 0 Å². The number of allylic oxidation sites excluding steroid dienone is 1. The van der Waals surface area contributed by atoms with Crippen molar-refractivity contribution in [3.05, 3.63) is 29.1 Å². The highest BCUT2D eigenvalue weighted by molar-refractivity contribution is 6.19. The van der Waals surface area contributed by atoms with Gasteiger partial charge in [0.15, 0.2) is 0 Å². The van der Waals surface area contributed by atoms with Crippen molar-refractivity contribution in [2.45, 2.75) is 33.7 Å². The molecule has 0 fully saturated rings. The lowest BCUT2D eigenvalue weighted by Gasteiger charge is -2.05. The molecular weight excluding hydrogens is 196 g/mol. The predicted octanol–water partition coefficient (Wildman–Crippen LogP) is 2.86. The number of hydrogen-bond acceptors (Lipinski definition) is 1. The van der Waals surface area contributed by atoms with Gasteiger partial charge in [0.05, 0.1) is 12.2 Å². The van der Waals surface area contributed by atoms with Gasteiger partial charge in [-0.15, -0.1) is 11.6 Å². The number of halogens is 1. The molecule has 3 heteroatoms. The SMILES string of the molecule is C=C(CCl)Cn1nc(C)c(CC)c1C. The Kier molecular flexibility index (Phi) is 3.76. The quantitative estimate of drug-likeness (QED) is 0.555. The standard InChI is InChI=1S/C11H17ClN2/c1-5-11-9(3)13-14(10(11)4)7-8(2)6-12/h2,5-7H2,1,3-4H3. The Morgan fingerprint density at radius 1 is 1.50 bits per heavy atom. The molecule has 0 aromatic carbocycles. The molecule has 1 aromatic rings. The van der Waals surface area contributed by atoms with Crippen LogP contribution in [0.5, 0.6) is 0 Å². The molecule has 1 aromatic heterocycles. The van der Waals surface area contributed by atoms with Gasteiger partial charge in [-0.2, -0.15) is 5.10 Å². The van der Waals surface area contributed by atoms with Crippen molar-refractivity contribution in [1.82, 2.24) is 9.78 Å². The third-order valence-electron chi connectivity index (χ3n) is 2.45. The largest absolute Gasteiger partial charge is 0.265 e. The Labute approximate surface area is 90.6 Å². The Morgan fingerprint density at radius 2 is 2.14 bits per heavy atom. The normalized spacial score (nSPS) is 10.6. The number of aryl methyl sites for hydroxylation is 1. The summed E-state index contributed by atoms with van der Waals surface area (Å²) in [5, 5.41) is 4.47. The van der Waals surface area contributed by atoms with Crippen LogP contribution >= 0.6 is 11.6 Å². The molecule has 0 saturated carbocycles. The fourth-order valence-corrected chi connectivity index (χ4v) is 1.74. The molecule has 0 bridgehead atoms. The van der Waals surface area contributed by atoms with Gasteiger partial charge >= 0.3 is 0 Å². The van der Waals surface area contributed by atoms with Crippen LogP contribution in [-0.2, 0) is 13.0 Å². The summed E-state index contributed by atoms with van der Waals surface area (Å²) in [7, 11) is 0. The second-order valence-electron chi connectivity index (χ2n) is 3.54. The Hall–Kier alpha value is -0.760. The van der Waals surface area contributed by atoms with Crippen LogP contribution in [0.4, 0.5) is 0 Å². The summed E-state index contributed by atoms with van der Waals surface area (Å²) in [6, 6.07) is 0. The molecule has 0 aliphatic carbocycles. The summed E-state index contributed by atoms with van der Waals surface area (Å²) in [4.78, 5) is 0. The van der Waals surface area contributed by atoms with Crippen LogP contribution < -0.4 is 0 Å². The number of hydrogen-bond donors (Lipinski definition) is 0. The van der Waals surface area contributed by atoms with E-state index in [0.717, 1.165) is 24.2 Å². The Morgan fingerprint density at radius 3 is 2.57 bits per heavy atom. The molecule has 0 spiro atoms. The van der Waals surface area contributed by atoms with Crippen molar-refractivity contribution in [3.8, 4) is 0 Å². The van der Waals surface area contributed by atoms with Gasteiger partial charge < -0.3 is 0 Å². The molecule has 2 nitrogen and oxygen atoms in total. The highest BCUT2D eigenvalue weighted by Crippen LogP contribution is 2.14. The maximum absolute atomic E-state index is 5.69. The lowest BCUT2D eigenvalue weighted by Crippen LogP contribution is -2.05. The van der Waals surface area contributed by atoms with E-state index in [1.807, 2.05) is 11.6 Å². The monoisotopic (exact) mass is 212 g/mol. The molecule has 0 N–H and O–H groups in total. The minimum absolute atomic E-state index is 0.500. The molecule has 0 aliphatic rings. The molecule has 0 saturated heterocycles. The maximum Gasteiger partial charge on any atom is 0.0631 e. The van der Waals surface area contributed by atoms with Gasteiger partial charge in [0, 0.05) is 11.6 Å². The molecule has 0 unspecified atom stereocenters. The van der Waals surface area contributed by atoms with Crippen LogP contribution in [0, 0.1) is 13.8 Å². The molecule has 0 atom stereocenters. The van der Waals surface area contributed by atoms with Crippen LogP contribution in [0.15, 0.2) is 12.2 Å². The lowest BCUT2D eigenvalue weighted by atomic mass is 10.1. The number of nitrogens with zero attached hydrogens (tertiary/aromatic N) is 2. The van der Waals surface area contributed by atoms with Gasteiger partial charge in [-0.1, -0.05) is 13.5 Å². The lowest BCUT2D eigenvalue weighted by molar-refractivity contribution is 0.652. The van der Waals surface area contributed by atoms with Crippen LogP contribution in [-0.4, -0.2) is 15.7 Å². The molecule has 1 rings (SSSR count). The van der Waals surface area contributed by atoms with Crippen molar-refractivity contribution in [1.29, 1.82) is 0 Å². The first-order chi connectivity index (χ1) is 6.60. The first kappa shape index (κ1) is 11.3. The minimum Gasteiger partial charge on any atom is -0.265 e. The van der Waals surface area contributed by atoms with E-state index < -0.39 is 0 Å². The van der Waals surface area contributed by atoms with Gasteiger partial charge in [0.2, 0.25) is 0 Å². The molecule has 1 heterocycles. The minimum atomic E-state index is 0.500. The van der Waals surface area contributed by atoms with Crippen molar-refractivity contribution in [2.75, 3.05) is 5.88 Å². The fourth-order valence-electron chi connectivity index (χ4n) is 1.65. The van der Waals surface area contributed by atoms with Crippen LogP contribution in [0.2, 0.25) is 0 Å². The fraction of sp³-hybridized carbons (Fsp3) is 0.545. The van der Waals surface area contributed by atoms with E-state index in [4.69, 9.17) is 11.6 Å². The smallest absolute Gasteiger partial charge is 0.0631 e. The van der Waals surface area contributed by atoms with E-state index in [1.165, 1.54) is 11.3 Å². The summed E-state index contributed by atoms with van der Waals surface area (Å²) in [5.74, 6) is 0.500. The summed E-state index contributed by atoms with van der Waals surface area (Å²) in [6.07, 6.45) is 1.03. The van der Waals surface area contributed by atoms with E-state index in [9.17, 15) is 0 Å². The van der Waals surface area contributed by atoms with Crippen molar-refractivity contribution in [2.24, 2.45) is 0 Å². The van der Waals surface area contributed by atoms with E-state index in [0.29, 0.717) is 5.88 Å². The number of alkyl halides is 1. The average Bonchev–Trinajstić information content (AvgIpc) is 2.42. The summed E-state index contributed by atoms with van der Waals surface area (Å²) in [5.41, 5.74) is 4.69. The van der Waals surface area contributed by atoms with Gasteiger partial charge in [-0.3, -0.25) is 4.68 Å². The zero-order chi connectivity index (χ0) is 10.7. The van der Waals surface area contributed by atoms with Crippen molar-refractivity contribution in [3.63, 3.8) is 0 Å². The zero-order valence-electron chi connectivity index (χ0n) is 9.10. The Balaban J connectivity index is 2.93. The van der Waals surface area contributed by atoms with Gasteiger partial charge in [-0.05, 0) is 31.4 Å². The third kappa shape index (κ3) is 2.18. The van der Waals surface area contributed by atoms with Crippen LogP contribution in [0.25, 0.3) is 0 Å². The molecule has 78 valence electrons. The first-order valence-electron chi connectivity index (χ1n) is 4.85. The van der Waals surface area contributed by atoms with E-state index in [2.05, 4.69) is 25.5 Å². The van der Waals surface area contributed by atoms with Crippen molar-refractivity contribution >= 4 is 11.6 Å². The van der Waals surface area contributed by atoms with Crippen LogP contribution in [0.3, 0.4) is 0 Å². The summed E-state index contributed by atoms with van der Waals surface area (Å²) >= 11 is 5.69. The van der Waals surface area contributed by atoms with E-state index >= 15 is 0 Å². The second-order valence-corrected chi connectivity index (χ2v) is 3.81. The highest BCUT2D eigenvalue weighted by atomic mass is 35.5. The average molecular weight is 213 g/mol. The topological polar surface area (TPSA) is 17.8 Å². The summed E-state index contributed by atoms with van der Waals surface area (Å²) < 4.78 is 1.98. The molecule has 0 aliphatic heterocycles. The van der Waals surface area contributed by atoms with Gasteiger partial charge in [-0.25, -0.2) is 0 Å². The molecule has 0 radical (unpaired) electrons. The summed E-state index contributed by atoms with van der Waals surface area (Å²) in [6.45, 7) is 10.9. The van der Waals surface area contributed by atoms with Gasteiger partial charge in [0.1, 0.15) is 0 Å². The third-order valence-corrected chi connectivity index (χ3v) is 2.83. The second kappa shape index (κ2) is 4.65. The predicted molar refractivity (Wildman–Crippen MR) is 60.9 cm³/mol. The zero-order valence-corrected chi connectivity index (χ0v) is 9.86. The highest BCUT2D eigenvalue weighted by Gasteiger charge is 2.09. The van der Waals surface area contributed by atoms with Gasteiger partial charge in [0.25, 0.3) is 0 Å². The van der Waals surface area contributed by atoms with Crippen molar-refractivity contribution < 1.29 is 0 Å². The molecular formula is C11H17ClN2. The Bertz CT molecular complexity index is 339.